The molecule has 0 aliphatic carbocycles. The van der Waals surface area contributed by atoms with Crippen LogP contribution in [0.5, 0.6) is 5.75 Å². The molecule has 1 aromatic carbocycles. The first-order chi connectivity index (χ1) is 17.4. The monoisotopic (exact) mass is 540 g/mol. The lowest BCUT2D eigenvalue weighted by molar-refractivity contribution is -0.139. The molecule has 2 rings (SSSR count). The third-order valence-corrected chi connectivity index (χ3v) is 4.88. The number of hydrogen-bond acceptors (Lipinski definition) is 8. The second-order valence-corrected chi connectivity index (χ2v) is 10.5. The number of carbonyl (C=O) groups is 2. The number of anilines is 1. The Bertz CT molecular complexity index is 1130. The molecule has 1 atom stereocenters. The zero-order chi connectivity index (χ0) is 28.9. The topological polar surface area (TPSA) is 117 Å². The van der Waals surface area contributed by atoms with Gasteiger partial charge in [-0.15, -0.1) is 4.90 Å². The molecule has 0 aliphatic heterocycles. The number of imide groups is 1. The van der Waals surface area contributed by atoms with Crippen molar-refractivity contribution in [2.45, 2.75) is 72.2 Å². The normalized spacial score (nSPS) is 13.6. The summed E-state index contributed by atoms with van der Waals surface area (Å²) in [5.41, 5.74) is 3.47. The third-order valence-electron chi connectivity index (χ3n) is 4.88. The Morgan fingerprint density at radius 2 is 1.74 bits per heavy atom. The fourth-order valence-corrected chi connectivity index (χ4v) is 3.62. The van der Waals surface area contributed by atoms with E-state index in [-0.39, 0.29) is 36.1 Å². The van der Waals surface area contributed by atoms with E-state index in [1.54, 1.807) is 34.6 Å². The van der Waals surface area contributed by atoms with Crippen LogP contribution in [0.3, 0.4) is 0 Å². The predicted octanol–water partition coefficient (Wildman–Crippen LogP) is 6.20. The summed E-state index contributed by atoms with van der Waals surface area (Å²) in [7, 11) is 0. The number of nitrogens with zero attached hydrogens (tertiary/aromatic N) is 3. The molecule has 0 aliphatic rings. The molecular formula is C26H35F3N4O5. The molecule has 0 spiro atoms. The standard InChI is InChI=1S/C26H35F3N4O5/c1-8-36-22(34)33(23(35)38-24(4,5)6)21-31-12-11-19(32-21)17-9-10-20(18(13-17)26(27,28)29)37-15-25(7,30)14-16(2)3/h9-13,16H,8,14-15,30H2,1-7H3. The highest BCUT2D eigenvalue weighted by Gasteiger charge is 2.36. The van der Waals surface area contributed by atoms with E-state index in [1.807, 2.05) is 13.8 Å². The maximum atomic E-state index is 14.0. The maximum absolute atomic E-state index is 14.0. The van der Waals surface area contributed by atoms with Gasteiger partial charge in [-0.25, -0.2) is 19.6 Å². The highest BCUT2D eigenvalue weighted by molar-refractivity contribution is 6.08. The number of alkyl halides is 3. The summed E-state index contributed by atoms with van der Waals surface area (Å²) < 4.78 is 57.6. The van der Waals surface area contributed by atoms with E-state index in [2.05, 4.69) is 9.97 Å². The number of hydrogen-bond donors (Lipinski definition) is 1. The number of carbonyl (C=O) groups excluding carboxylic acids is 2. The first kappa shape index (κ1) is 30.8. The lowest BCUT2D eigenvalue weighted by Crippen LogP contribution is -2.43. The van der Waals surface area contributed by atoms with Gasteiger partial charge in [0.05, 0.1) is 17.9 Å². The molecule has 0 bridgehead atoms. The number of nitrogens with two attached hydrogens (primary N) is 1. The van der Waals surface area contributed by atoms with Crippen molar-refractivity contribution >= 4 is 18.1 Å². The smallest absolute Gasteiger partial charge is 0.427 e. The number of benzene rings is 1. The van der Waals surface area contributed by atoms with Gasteiger partial charge in [0.15, 0.2) is 0 Å². The average Bonchev–Trinajstić information content (AvgIpc) is 2.75. The minimum absolute atomic E-state index is 0.0216. The van der Waals surface area contributed by atoms with E-state index in [0.29, 0.717) is 11.3 Å². The highest BCUT2D eigenvalue weighted by Crippen LogP contribution is 2.39. The lowest BCUT2D eigenvalue weighted by atomic mass is 9.93. The van der Waals surface area contributed by atoms with Gasteiger partial charge in [-0.1, -0.05) is 13.8 Å². The molecular weight excluding hydrogens is 505 g/mol. The van der Waals surface area contributed by atoms with Gasteiger partial charge in [0.1, 0.15) is 18.0 Å². The van der Waals surface area contributed by atoms with E-state index in [1.165, 1.54) is 24.4 Å². The summed E-state index contributed by atoms with van der Waals surface area (Å²) in [5, 5.41) is 0. The molecule has 1 unspecified atom stereocenters. The molecule has 2 amide bonds. The molecule has 12 heteroatoms. The predicted molar refractivity (Wildman–Crippen MR) is 136 cm³/mol. The summed E-state index contributed by atoms with van der Waals surface area (Å²) >= 11 is 0. The summed E-state index contributed by atoms with van der Waals surface area (Å²) in [5.74, 6) is -0.561. The number of amides is 2. The van der Waals surface area contributed by atoms with Gasteiger partial charge in [0, 0.05) is 17.3 Å². The van der Waals surface area contributed by atoms with Crippen molar-refractivity contribution in [1.29, 1.82) is 0 Å². The van der Waals surface area contributed by atoms with Crippen LogP contribution >= 0.6 is 0 Å². The first-order valence-electron chi connectivity index (χ1n) is 12.1. The van der Waals surface area contributed by atoms with Crippen LogP contribution < -0.4 is 15.4 Å². The zero-order valence-corrected chi connectivity index (χ0v) is 22.7. The van der Waals surface area contributed by atoms with Crippen molar-refractivity contribution in [2.24, 2.45) is 11.7 Å². The minimum atomic E-state index is -4.74. The molecule has 210 valence electrons. The molecule has 0 saturated carbocycles. The van der Waals surface area contributed by atoms with E-state index in [9.17, 15) is 22.8 Å². The van der Waals surface area contributed by atoms with Gasteiger partial charge in [-0.05, 0) is 71.2 Å². The molecule has 0 fully saturated rings. The second-order valence-electron chi connectivity index (χ2n) is 10.5. The van der Waals surface area contributed by atoms with Gasteiger partial charge in [-0.3, -0.25) is 0 Å². The van der Waals surface area contributed by atoms with E-state index >= 15 is 0 Å². The van der Waals surface area contributed by atoms with Crippen molar-refractivity contribution in [3.05, 3.63) is 36.0 Å². The van der Waals surface area contributed by atoms with Crippen LogP contribution in [0, 0.1) is 5.92 Å². The van der Waals surface area contributed by atoms with Gasteiger partial charge >= 0.3 is 18.4 Å². The molecule has 2 aromatic rings. The third kappa shape index (κ3) is 8.86. The van der Waals surface area contributed by atoms with Crippen LogP contribution in [0.4, 0.5) is 28.7 Å². The fourth-order valence-electron chi connectivity index (χ4n) is 3.62. The molecule has 2 N–H and O–H groups in total. The number of rotatable bonds is 8. The van der Waals surface area contributed by atoms with Crippen LogP contribution in [0.15, 0.2) is 30.5 Å². The minimum Gasteiger partial charge on any atom is -0.491 e. The van der Waals surface area contributed by atoms with Gasteiger partial charge in [-0.2, -0.15) is 13.2 Å². The summed E-state index contributed by atoms with van der Waals surface area (Å²) in [6.07, 6.45) is -5.16. The molecule has 0 radical (unpaired) electrons. The van der Waals surface area contributed by atoms with Crippen molar-refractivity contribution in [3.8, 4) is 17.0 Å². The van der Waals surface area contributed by atoms with E-state index < -0.39 is 41.0 Å². The Hall–Kier alpha value is -3.41. The maximum Gasteiger partial charge on any atom is 0.427 e. The Morgan fingerprint density at radius 3 is 2.29 bits per heavy atom. The summed E-state index contributed by atoms with van der Waals surface area (Å²) in [4.78, 5) is 33.8. The van der Waals surface area contributed by atoms with E-state index in [0.717, 1.165) is 6.07 Å². The highest BCUT2D eigenvalue weighted by atomic mass is 19.4. The molecule has 0 saturated heterocycles. The Labute approximate surface area is 220 Å². The number of ether oxygens (including phenoxy) is 3. The summed E-state index contributed by atoms with van der Waals surface area (Å²) in [6.45, 7) is 11.8. The number of aromatic nitrogens is 2. The van der Waals surface area contributed by atoms with Crippen molar-refractivity contribution in [3.63, 3.8) is 0 Å². The zero-order valence-electron chi connectivity index (χ0n) is 22.7. The fraction of sp³-hybridized carbons (Fsp3) is 0.538. The first-order valence-corrected chi connectivity index (χ1v) is 12.1. The van der Waals surface area contributed by atoms with Gasteiger partial charge in [0.2, 0.25) is 5.95 Å². The number of halogens is 3. The van der Waals surface area contributed by atoms with Crippen LogP contribution in [0.2, 0.25) is 0 Å². The van der Waals surface area contributed by atoms with Crippen LogP contribution in [-0.2, 0) is 15.7 Å². The van der Waals surface area contributed by atoms with Crippen LogP contribution in [0.1, 0.15) is 60.5 Å². The van der Waals surface area contributed by atoms with Gasteiger partial charge < -0.3 is 19.9 Å². The van der Waals surface area contributed by atoms with Crippen molar-refractivity contribution in [1.82, 2.24) is 9.97 Å². The van der Waals surface area contributed by atoms with Crippen LogP contribution in [-0.4, -0.2) is 46.5 Å². The van der Waals surface area contributed by atoms with E-state index in [4.69, 9.17) is 19.9 Å². The van der Waals surface area contributed by atoms with Gasteiger partial charge in [0.25, 0.3) is 0 Å². The van der Waals surface area contributed by atoms with Crippen molar-refractivity contribution in [2.75, 3.05) is 18.1 Å². The molecule has 38 heavy (non-hydrogen) atoms. The molecule has 9 nitrogen and oxygen atoms in total. The largest absolute Gasteiger partial charge is 0.491 e. The average molecular weight is 541 g/mol. The Kier molecular flexibility index (Phi) is 9.71. The SMILES string of the molecule is CCOC(=O)N(C(=O)OC(C)(C)C)c1nccc(-c2ccc(OCC(C)(N)CC(C)C)c(C(F)(F)F)c2)n1. The quantitative estimate of drug-likeness (QED) is 0.420. The Morgan fingerprint density at radius 1 is 1.08 bits per heavy atom. The Balaban J connectivity index is 2.47. The lowest BCUT2D eigenvalue weighted by Gasteiger charge is -2.27. The molecule has 1 aromatic heterocycles. The van der Waals surface area contributed by atoms with Crippen molar-refractivity contribution < 1.29 is 37.0 Å². The summed E-state index contributed by atoms with van der Waals surface area (Å²) in [6, 6.07) is 4.79. The molecule has 1 heterocycles. The second kappa shape index (κ2) is 12.0. The van der Waals surface area contributed by atoms with Crippen LogP contribution in [0.25, 0.3) is 11.3 Å².